The Bertz CT molecular complexity index is 3190. The van der Waals surface area contributed by atoms with E-state index in [1.165, 1.54) is 38.4 Å². The van der Waals surface area contributed by atoms with Crippen molar-refractivity contribution in [2.24, 2.45) is 0 Å². The van der Waals surface area contributed by atoms with Crippen molar-refractivity contribution in [3.8, 4) is 33.4 Å². The Morgan fingerprint density at radius 1 is 0.309 bits per heavy atom. The van der Waals surface area contributed by atoms with Crippen LogP contribution in [0, 0.1) is 0 Å². The maximum absolute atomic E-state index is 6.37. The predicted octanol–water partition coefficient (Wildman–Crippen LogP) is 15.1. The van der Waals surface area contributed by atoms with Gasteiger partial charge in [0.25, 0.3) is 0 Å². The average Bonchev–Trinajstić information content (AvgIpc) is 3.83. The third kappa shape index (κ3) is 5.28. The normalized spacial score (nSPS) is 11.6. The lowest BCUT2D eigenvalue weighted by molar-refractivity contribution is 0.668. The number of fused-ring (bicyclic) bond motifs is 8. The molecule has 0 atom stereocenters. The molecule has 2 aromatic heterocycles. The monoisotopic (exact) mass is 703 g/mol. The van der Waals surface area contributed by atoms with Gasteiger partial charge in [0, 0.05) is 44.5 Å². The maximum atomic E-state index is 6.37. The van der Waals surface area contributed by atoms with Gasteiger partial charge in [-0.25, -0.2) is 0 Å². The smallest absolute Gasteiger partial charge is 0.137 e. The van der Waals surface area contributed by atoms with E-state index in [9.17, 15) is 0 Å². The zero-order chi connectivity index (χ0) is 36.3. The molecular formula is C52H33NO2. The molecule has 11 rings (SSSR count). The summed E-state index contributed by atoms with van der Waals surface area (Å²) in [6.45, 7) is 0. The Morgan fingerprint density at radius 3 is 1.67 bits per heavy atom. The standard InChI is InChI=1S/C52H33NO2/c1-2-10-37(11-3-1)42-12-4-7-15-47(42)53(41-28-30-45-44-13-5-8-16-48(44)55-51(45)33-41)40-26-22-35(23-27-40)34-18-20-36(21-19-34)38-24-29-43-39(32-38)25-31-50-52(43)46-14-6-9-17-49(46)54-50/h1-33H. The molecule has 0 amide bonds. The summed E-state index contributed by atoms with van der Waals surface area (Å²) in [5.41, 5.74) is 13.8. The molecule has 3 nitrogen and oxygen atoms in total. The van der Waals surface area contributed by atoms with Gasteiger partial charge < -0.3 is 13.7 Å². The van der Waals surface area contributed by atoms with E-state index in [0.29, 0.717) is 0 Å². The number of anilines is 3. The minimum absolute atomic E-state index is 0.868. The Balaban J connectivity index is 0.952. The highest BCUT2D eigenvalue weighted by Crippen LogP contribution is 2.43. The molecule has 9 aromatic carbocycles. The number of hydrogen-bond acceptors (Lipinski definition) is 3. The first-order chi connectivity index (χ1) is 27.2. The summed E-state index contributed by atoms with van der Waals surface area (Å²) in [6, 6.07) is 71.0. The Labute approximate surface area is 317 Å². The third-order valence-corrected chi connectivity index (χ3v) is 10.9. The molecule has 0 aliphatic rings. The van der Waals surface area contributed by atoms with Crippen molar-refractivity contribution in [1.82, 2.24) is 0 Å². The van der Waals surface area contributed by atoms with E-state index in [0.717, 1.165) is 66.7 Å². The van der Waals surface area contributed by atoms with Crippen LogP contribution in [0.2, 0.25) is 0 Å². The van der Waals surface area contributed by atoms with E-state index < -0.39 is 0 Å². The molecule has 0 spiro atoms. The second kappa shape index (κ2) is 12.6. The van der Waals surface area contributed by atoms with Gasteiger partial charge in [0.1, 0.15) is 22.3 Å². The van der Waals surface area contributed by atoms with Crippen LogP contribution in [0.3, 0.4) is 0 Å². The second-order valence-corrected chi connectivity index (χ2v) is 14.1. The molecule has 3 heteroatoms. The number of furan rings is 2. The SMILES string of the molecule is c1ccc(-c2ccccc2N(c2ccc(-c3ccc(-c4ccc5c(ccc6oc7ccccc7c65)c4)cc3)cc2)c2ccc3c(c2)oc2ccccc23)cc1. The average molecular weight is 704 g/mol. The highest BCUT2D eigenvalue weighted by molar-refractivity contribution is 6.19. The minimum atomic E-state index is 0.868. The van der Waals surface area contributed by atoms with Crippen molar-refractivity contribution in [3.63, 3.8) is 0 Å². The number of rotatable bonds is 6. The fourth-order valence-electron chi connectivity index (χ4n) is 8.20. The van der Waals surface area contributed by atoms with Crippen molar-refractivity contribution >= 4 is 71.7 Å². The second-order valence-electron chi connectivity index (χ2n) is 14.1. The van der Waals surface area contributed by atoms with Crippen molar-refractivity contribution in [3.05, 3.63) is 200 Å². The lowest BCUT2D eigenvalue weighted by Gasteiger charge is -2.28. The van der Waals surface area contributed by atoms with Gasteiger partial charge in [-0.1, -0.05) is 140 Å². The van der Waals surface area contributed by atoms with Crippen LogP contribution in [0.25, 0.3) is 88.0 Å². The van der Waals surface area contributed by atoms with Crippen molar-refractivity contribution < 1.29 is 8.83 Å². The van der Waals surface area contributed by atoms with Crippen molar-refractivity contribution in [2.45, 2.75) is 0 Å². The molecule has 0 radical (unpaired) electrons. The first-order valence-corrected chi connectivity index (χ1v) is 18.7. The van der Waals surface area contributed by atoms with Crippen LogP contribution in [0.5, 0.6) is 0 Å². The number of hydrogen-bond donors (Lipinski definition) is 0. The fourth-order valence-corrected chi connectivity index (χ4v) is 8.20. The zero-order valence-corrected chi connectivity index (χ0v) is 29.8. The zero-order valence-electron chi connectivity index (χ0n) is 29.8. The summed E-state index contributed by atoms with van der Waals surface area (Å²) in [7, 11) is 0. The van der Waals surface area contributed by atoms with Crippen LogP contribution < -0.4 is 4.90 Å². The largest absolute Gasteiger partial charge is 0.456 e. The molecule has 0 aliphatic carbocycles. The quantitative estimate of drug-likeness (QED) is 0.173. The van der Waals surface area contributed by atoms with E-state index >= 15 is 0 Å². The Morgan fingerprint density at radius 2 is 0.873 bits per heavy atom. The topological polar surface area (TPSA) is 29.5 Å². The highest BCUT2D eigenvalue weighted by atomic mass is 16.3. The first-order valence-electron chi connectivity index (χ1n) is 18.7. The summed E-state index contributed by atoms with van der Waals surface area (Å²) in [4.78, 5) is 2.33. The first kappa shape index (κ1) is 31.2. The molecule has 258 valence electrons. The van der Waals surface area contributed by atoms with Gasteiger partial charge in [-0.15, -0.1) is 0 Å². The lowest BCUT2D eigenvalue weighted by Crippen LogP contribution is -2.11. The molecule has 0 saturated carbocycles. The van der Waals surface area contributed by atoms with Crippen molar-refractivity contribution in [2.75, 3.05) is 4.90 Å². The molecule has 11 aromatic rings. The van der Waals surface area contributed by atoms with Crippen LogP contribution >= 0.6 is 0 Å². The van der Waals surface area contributed by atoms with Crippen LogP contribution in [-0.2, 0) is 0 Å². The third-order valence-electron chi connectivity index (χ3n) is 10.9. The molecule has 0 saturated heterocycles. The predicted molar refractivity (Wildman–Crippen MR) is 229 cm³/mol. The highest BCUT2D eigenvalue weighted by Gasteiger charge is 2.19. The van der Waals surface area contributed by atoms with Crippen LogP contribution in [0.15, 0.2) is 209 Å². The van der Waals surface area contributed by atoms with E-state index in [2.05, 4.69) is 181 Å². The molecule has 0 fully saturated rings. The Hall–Kier alpha value is -7.36. The molecule has 0 bridgehead atoms. The summed E-state index contributed by atoms with van der Waals surface area (Å²) in [5.74, 6) is 0. The van der Waals surface area contributed by atoms with Gasteiger partial charge in [0.05, 0.1) is 5.69 Å². The summed E-state index contributed by atoms with van der Waals surface area (Å²) in [6.07, 6.45) is 0. The summed E-state index contributed by atoms with van der Waals surface area (Å²) in [5, 5.41) is 6.98. The molecular weight excluding hydrogens is 671 g/mol. The molecule has 0 aliphatic heterocycles. The summed E-state index contributed by atoms with van der Waals surface area (Å²) >= 11 is 0. The maximum Gasteiger partial charge on any atom is 0.137 e. The van der Waals surface area contributed by atoms with Gasteiger partial charge in [-0.3, -0.25) is 0 Å². The van der Waals surface area contributed by atoms with Gasteiger partial charge in [-0.05, 0) is 93.2 Å². The van der Waals surface area contributed by atoms with E-state index in [-0.39, 0.29) is 0 Å². The minimum Gasteiger partial charge on any atom is -0.456 e. The van der Waals surface area contributed by atoms with Gasteiger partial charge >= 0.3 is 0 Å². The van der Waals surface area contributed by atoms with Crippen molar-refractivity contribution in [1.29, 1.82) is 0 Å². The fraction of sp³-hybridized carbons (Fsp3) is 0. The lowest BCUT2D eigenvalue weighted by atomic mass is 9.96. The van der Waals surface area contributed by atoms with Gasteiger partial charge in [0.15, 0.2) is 0 Å². The molecule has 0 N–H and O–H groups in total. The van der Waals surface area contributed by atoms with Crippen LogP contribution in [0.4, 0.5) is 17.1 Å². The summed E-state index contributed by atoms with van der Waals surface area (Å²) < 4.78 is 12.5. The van der Waals surface area contributed by atoms with E-state index in [4.69, 9.17) is 8.83 Å². The van der Waals surface area contributed by atoms with Gasteiger partial charge in [-0.2, -0.15) is 0 Å². The number of para-hydroxylation sites is 3. The van der Waals surface area contributed by atoms with Crippen LogP contribution in [-0.4, -0.2) is 0 Å². The van der Waals surface area contributed by atoms with E-state index in [1.54, 1.807) is 0 Å². The number of nitrogens with zero attached hydrogens (tertiary/aromatic N) is 1. The molecule has 0 unspecified atom stereocenters. The Kier molecular flexibility index (Phi) is 7.17. The number of benzene rings is 9. The van der Waals surface area contributed by atoms with Crippen LogP contribution in [0.1, 0.15) is 0 Å². The molecule has 55 heavy (non-hydrogen) atoms. The van der Waals surface area contributed by atoms with Gasteiger partial charge in [0.2, 0.25) is 0 Å². The van der Waals surface area contributed by atoms with E-state index in [1.807, 2.05) is 24.3 Å². The molecule has 2 heterocycles.